The van der Waals surface area contributed by atoms with Gasteiger partial charge in [-0.3, -0.25) is 0 Å². The van der Waals surface area contributed by atoms with Gasteiger partial charge in [0.25, 0.3) is 0 Å². The molecule has 2 rings (SSSR count). The Bertz CT molecular complexity index is 408. The quantitative estimate of drug-likeness (QED) is 0.864. The van der Waals surface area contributed by atoms with Gasteiger partial charge in [0, 0.05) is 4.47 Å². The van der Waals surface area contributed by atoms with E-state index < -0.39 is 24.7 Å². The van der Waals surface area contributed by atoms with Gasteiger partial charge in [0.1, 0.15) is 6.04 Å². The molecule has 1 aliphatic rings. The van der Waals surface area contributed by atoms with E-state index in [1.165, 1.54) is 12.1 Å². The Morgan fingerprint density at radius 2 is 2.00 bits per heavy atom. The van der Waals surface area contributed by atoms with Crippen LogP contribution in [0.5, 0.6) is 0 Å². The Balaban J connectivity index is 2.30. The van der Waals surface area contributed by atoms with Crippen LogP contribution in [0.3, 0.4) is 0 Å². The van der Waals surface area contributed by atoms with Gasteiger partial charge in [0.2, 0.25) is 0 Å². The standard InChI is InChI=1S/C10H8BrF2NO2/c11-7-3-1-6(2-4-7)8-10(12,13)5-16-9(15)14-8/h1-4,8H,5H2,(H,14,15)/t8-/m0/s1. The monoisotopic (exact) mass is 291 g/mol. The Morgan fingerprint density at radius 3 is 2.62 bits per heavy atom. The van der Waals surface area contributed by atoms with Crippen LogP contribution in [0.1, 0.15) is 11.6 Å². The van der Waals surface area contributed by atoms with Crippen LogP contribution in [0.4, 0.5) is 13.6 Å². The van der Waals surface area contributed by atoms with E-state index in [0.717, 1.165) is 4.47 Å². The average Bonchev–Trinajstić information content (AvgIpc) is 2.23. The molecule has 0 aromatic heterocycles. The first-order valence-corrected chi connectivity index (χ1v) is 5.35. The number of benzene rings is 1. The van der Waals surface area contributed by atoms with Gasteiger partial charge in [0.05, 0.1) is 0 Å². The summed E-state index contributed by atoms with van der Waals surface area (Å²) in [6.07, 6.45) is -0.821. The van der Waals surface area contributed by atoms with Gasteiger partial charge in [-0.25, -0.2) is 13.6 Å². The maximum atomic E-state index is 13.5. The summed E-state index contributed by atoms with van der Waals surface area (Å²) in [4.78, 5) is 10.9. The number of carbonyl (C=O) groups is 1. The number of hydrogen-bond acceptors (Lipinski definition) is 2. The number of hydrogen-bond donors (Lipinski definition) is 1. The average molecular weight is 292 g/mol. The zero-order valence-corrected chi connectivity index (χ0v) is 9.63. The lowest BCUT2D eigenvalue weighted by atomic mass is 10.0. The van der Waals surface area contributed by atoms with E-state index in [1.807, 2.05) is 0 Å². The number of alkyl carbamates (subject to hydrolysis) is 1. The molecule has 0 spiro atoms. The van der Waals surface area contributed by atoms with E-state index in [2.05, 4.69) is 26.0 Å². The SMILES string of the molecule is O=C1N[C@@H](c2ccc(Br)cc2)C(F)(F)CO1. The largest absolute Gasteiger partial charge is 0.443 e. The van der Waals surface area contributed by atoms with Crippen molar-refractivity contribution in [1.82, 2.24) is 5.32 Å². The Kier molecular flexibility index (Phi) is 2.84. The third-order valence-electron chi connectivity index (χ3n) is 2.28. The van der Waals surface area contributed by atoms with Crippen LogP contribution in [0, 0.1) is 0 Å². The molecule has 1 aliphatic heterocycles. The zero-order chi connectivity index (χ0) is 11.8. The maximum Gasteiger partial charge on any atom is 0.408 e. The summed E-state index contributed by atoms with van der Waals surface area (Å²) in [5, 5.41) is 2.12. The summed E-state index contributed by atoms with van der Waals surface area (Å²) in [5.74, 6) is -3.10. The van der Waals surface area contributed by atoms with Crippen molar-refractivity contribution < 1.29 is 18.3 Å². The van der Waals surface area contributed by atoms with E-state index in [4.69, 9.17) is 0 Å². The summed E-state index contributed by atoms with van der Waals surface area (Å²) in [7, 11) is 0. The number of cyclic esters (lactones) is 1. The fourth-order valence-corrected chi connectivity index (χ4v) is 1.76. The second-order valence-corrected chi connectivity index (χ2v) is 4.38. The van der Waals surface area contributed by atoms with Crippen molar-refractivity contribution in [2.75, 3.05) is 6.61 Å². The Hall–Kier alpha value is -1.17. The lowest BCUT2D eigenvalue weighted by Crippen LogP contribution is -2.49. The fourth-order valence-electron chi connectivity index (χ4n) is 1.49. The predicted molar refractivity (Wildman–Crippen MR) is 56.3 cm³/mol. The number of amides is 1. The van der Waals surface area contributed by atoms with E-state index in [0.29, 0.717) is 5.56 Å². The highest BCUT2D eigenvalue weighted by Crippen LogP contribution is 2.34. The molecular weight excluding hydrogens is 284 g/mol. The van der Waals surface area contributed by atoms with Gasteiger partial charge in [0.15, 0.2) is 6.61 Å². The molecule has 86 valence electrons. The number of carbonyl (C=O) groups excluding carboxylic acids is 1. The van der Waals surface area contributed by atoms with Gasteiger partial charge in [-0.05, 0) is 17.7 Å². The number of ether oxygens (including phenoxy) is 1. The molecule has 1 heterocycles. The first-order chi connectivity index (χ1) is 7.49. The smallest absolute Gasteiger partial charge is 0.408 e. The molecule has 1 fully saturated rings. The molecule has 1 amide bonds. The number of alkyl halides is 2. The molecule has 3 nitrogen and oxygen atoms in total. The number of nitrogens with one attached hydrogen (secondary N) is 1. The third kappa shape index (κ3) is 2.16. The van der Waals surface area contributed by atoms with Gasteiger partial charge < -0.3 is 10.1 Å². The lowest BCUT2D eigenvalue weighted by molar-refractivity contribution is -0.104. The van der Waals surface area contributed by atoms with E-state index >= 15 is 0 Å². The van der Waals surface area contributed by atoms with Crippen molar-refractivity contribution in [2.24, 2.45) is 0 Å². The topological polar surface area (TPSA) is 38.3 Å². The van der Waals surface area contributed by atoms with Crippen molar-refractivity contribution in [1.29, 1.82) is 0 Å². The van der Waals surface area contributed by atoms with Crippen LogP contribution in [0.2, 0.25) is 0 Å². The molecule has 1 saturated heterocycles. The van der Waals surface area contributed by atoms with Crippen LogP contribution < -0.4 is 5.32 Å². The van der Waals surface area contributed by atoms with Crippen molar-refractivity contribution >= 4 is 22.0 Å². The minimum atomic E-state index is -3.10. The molecule has 0 saturated carbocycles. The highest BCUT2D eigenvalue weighted by molar-refractivity contribution is 9.10. The first-order valence-electron chi connectivity index (χ1n) is 4.55. The Morgan fingerprint density at radius 1 is 1.38 bits per heavy atom. The molecule has 6 heteroatoms. The van der Waals surface area contributed by atoms with Gasteiger partial charge in [-0.15, -0.1) is 0 Å². The van der Waals surface area contributed by atoms with Crippen LogP contribution in [-0.2, 0) is 4.74 Å². The molecule has 0 aliphatic carbocycles. The van der Waals surface area contributed by atoms with Gasteiger partial charge in [-0.2, -0.15) is 0 Å². The van der Waals surface area contributed by atoms with Crippen molar-refractivity contribution in [2.45, 2.75) is 12.0 Å². The molecule has 0 bridgehead atoms. The highest BCUT2D eigenvalue weighted by Gasteiger charge is 2.46. The van der Waals surface area contributed by atoms with Gasteiger partial charge in [-0.1, -0.05) is 28.1 Å². The molecule has 1 aromatic carbocycles. The fraction of sp³-hybridized carbons (Fsp3) is 0.300. The minimum Gasteiger partial charge on any atom is -0.443 e. The Labute approximate surface area is 98.9 Å². The van der Waals surface area contributed by atoms with Crippen LogP contribution in [-0.4, -0.2) is 18.6 Å². The third-order valence-corrected chi connectivity index (χ3v) is 2.81. The van der Waals surface area contributed by atoms with Crippen molar-refractivity contribution in [3.8, 4) is 0 Å². The lowest BCUT2D eigenvalue weighted by Gasteiger charge is -2.31. The number of rotatable bonds is 1. The highest BCUT2D eigenvalue weighted by atomic mass is 79.9. The molecular formula is C10H8BrF2NO2. The summed E-state index contributed by atoms with van der Waals surface area (Å²) in [6.45, 7) is -0.889. The summed E-state index contributed by atoms with van der Waals surface area (Å²) < 4.78 is 32.0. The van der Waals surface area contributed by atoms with Crippen LogP contribution in [0.15, 0.2) is 28.7 Å². The molecule has 16 heavy (non-hydrogen) atoms. The zero-order valence-electron chi connectivity index (χ0n) is 8.04. The molecule has 0 radical (unpaired) electrons. The van der Waals surface area contributed by atoms with E-state index in [-0.39, 0.29) is 0 Å². The van der Waals surface area contributed by atoms with Gasteiger partial charge >= 0.3 is 12.0 Å². The van der Waals surface area contributed by atoms with Crippen LogP contribution >= 0.6 is 15.9 Å². The van der Waals surface area contributed by atoms with E-state index in [9.17, 15) is 13.6 Å². The predicted octanol–water partition coefficient (Wildman–Crippen LogP) is 2.87. The maximum absolute atomic E-state index is 13.5. The summed E-state index contributed by atoms with van der Waals surface area (Å²) in [5.41, 5.74) is 0.352. The van der Waals surface area contributed by atoms with Crippen molar-refractivity contribution in [3.05, 3.63) is 34.3 Å². The molecule has 1 atom stereocenters. The normalized spacial score (nSPS) is 23.4. The van der Waals surface area contributed by atoms with Crippen molar-refractivity contribution in [3.63, 3.8) is 0 Å². The number of halogens is 3. The van der Waals surface area contributed by atoms with E-state index in [1.54, 1.807) is 12.1 Å². The second kappa shape index (κ2) is 4.01. The molecule has 1 aromatic rings. The minimum absolute atomic E-state index is 0.352. The summed E-state index contributed by atoms with van der Waals surface area (Å²) in [6, 6.07) is 5.03. The molecule has 1 N–H and O–H groups in total. The molecule has 0 unspecified atom stereocenters. The van der Waals surface area contributed by atoms with Crippen LogP contribution in [0.25, 0.3) is 0 Å². The second-order valence-electron chi connectivity index (χ2n) is 3.47. The summed E-state index contributed by atoms with van der Waals surface area (Å²) >= 11 is 3.21. The first kappa shape index (κ1) is 11.3.